The Balaban J connectivity index is 1.63. The molecular weight excluding hydrogens is 243 g/mol. The maximum Gasteiger partial charge on any atom is 0.225 e. The van der Waals surface area contributed by atoms with Gasteiger partial charge in [0.25, 0.3) is 0 Å². The summed E-state index contributed by atoms with van der Waals surface area (Å²) in [4.78, 5) is 12.3. The summed E-state index contributed by atoms with van der Waals surface area (Å²) in [5.74, 6) is -0.0913. The maximum absolute atomic E-state index is 13.2. The third-order valence-electron chi connectivity index (χ3n) is 4.34. The molecule has 4 atom stereocenters. The monoisotopic (exact) mass is 262 g/mol. The molecule has 2 fully saturated rings. The average Bonchev–Trinajstić information content (AvgIpc) is 3.00. The van der Waals surface area contributed by atoms with Gasteiger partial charge in [0.2, 0.25) is 5.91 Å². The van der Waals surface area contributed by atoms with E-state index in [-0.39, 0.29) is 23.7 Å². The predicted molar refractivity (Wildman–Crippen MR) is 71.0 cm³/mol. The zero-order valence-corrected chi connectivity index (χ0v) is 11.0. The number of hydrogen-bond donors (Lipinski definition) is 2. The molecule has 2 aliphatic rings. The highest BCUT2D eigenvalue weighted by Crippen LogP contribution is 2.33. The quantitative estimate of drug-likeness (QED) is 0.876. The van der Waals surface area contributed by atoms with Gasteiger partial charge in [0.15, 0.2) is 0 Å². The molecule has 0 aromatic heterocycles. The number of hydrogen-bond acceptors (Lipinski definition) is 2. The van der Waals surface area contributed by atoms with Gasteiger partial charge in [-0.2, -0.15) is 0 Å². The molecule has 0 aliphatic carbocycles. The van der Waals surface area contributed by atoms with Gasteiger partial charge in [0, 0.05) is 12.1 Å². The normalized spacial score (nSPS) is 30.3. The fourth-order valence-corrected chi connectivity index (χ4v) is 3.29. The molecule has 3 rings (SSSR count). The topological polar surface area (TPSA) is 41.1 Å². The molecule has 1 amide bonds. The minimum atomic E-state index is -0.264. The van der Waals surface area contributed by atoms with Gasteiger partial charge in [0.05, 0.1) is 12.0 Å². The van der Waals surface area contributed by atoms with Crippen LogP contribution in [0.4, 0.5) is 4.39 Å². The van der Waals surface area contributed by atoms with Crippen molar-refractivity contribution in [3.8, 4) is 0 Å². The minimum absolute atomic E-state index is 0.0785. The van der Waals surface area contributed by atoms with E-state index in [2.05, 4.69) is 10.6 Å². The Morgan fingerprint density at radius 3 is 2.95 bits per heavy atom. The Morgan fingerprint density at radius 1 is 1.47 bits per heavy atom. The van der Waals surface area contributed by atoms with Crippen LogP contribution in [0.3, 0.4) is 0 Å². The van der Waals surface area contributed by atoms with Gasteiger partial charge in [-0.25, -0.2) is 4.39 Å². The largest absolute Gasteiger partial charge is 0.349 e. The number of halogens is 1. The second kappa shape index (κ2) is 4.93. The molecule has 1 aromatic carbocycles. The Labute approximate surface area is 112 Å². The Kier molecular flexibility index (Phi) is 3.27. The molecule has 0 radical (unpaired) electrons. The van der Waals surface area contributed by atoms with Crippen LogP contribution >= 0.6 is 0 Å². The minimum Gasteiger partial charge on any atom is -0.349 e. The van der Waals surface area contributed by atoms with Crippen molar-refractivity contribution in [3.63, 3.8) is 0 Å². The van der Waals surface area contributed by atoms with Crippen molar-refractivity contribution in [3.05, 3.63) is 35.6 Å². The first-order valence-electron chi connectivity index (χ1n) is 6.95. The van der Waals surface area contributed by atoms with Gasteiger partial charge in [-0.1, -0.05) is 12.1 Å². The first kappa shape index (κ1) is 12.6. The molecule has 0 spiro atoms. The summed E-state index contributed by atoms with van der Waals surface area (Å²) < 4.78 is 13.2. The maximum atomic E-state index is 13.2. The fraction of sp³-hybridized carbons (Fsp3) is 0.533. The Bertz CT molecular complexity index is 491. The summed E-state index contributed by atoms with van der Waals surface area (Å²) in [6.07, 6.45) is 3.22. The summed E-state index contributed by atoms with van der Waals surface area (Å²) in [6, 6.07) is 7.11. The second-order valence-corrected chi connectivity index (χ2v) is 5.67. The zero-order valence-electron chi connectivity index (χ0n) is 11.0. The molecule has 2 N–H and O–H groups in total. The first-order chi connectivity index (χ1) is 9.13. The van der Waals surface area contributed by atoms with Crippen LogP contribution < -0.4 is 10.6 Å². The lowest BCUT2D eigenvalue weighted by Gasteiger charge is -2.22. The molecule has 19 heavy (non-hydrogen) atoms. The van der Waals surface area contributed by atoms with Crippen LogP contribution in [0.15, 0.2) is 24.3 Å². The van der Waals surface area contributed by atoms with E-state index in [4.69, 9.17) is 0 Å². The van der Waals surface area contributed by atoms with Crippen molar-refractivity contribution in [1.82, 2.24) is 10.6 Å². The lowest BCUT2D eigenvalue weighted by atomic mass is 9.88. The van der Waals surface area contributed by atoms with E-state index in [0.29, 0.717) is 12.1 Å². The summed E-state index contributed by atoms with van der Waals surface area (Å²) in [5.41, 5.74) is 0.810. The standard InChI is InChI=1S/C15H19FN2O/c1-9(10-3-2-4-11(16)7-10)17-15(19)13-8-12-5-6-14(13)18-12/h2-4,7,9,12-14,18H,5-6,8H2,1H3,(H,17,19)/t9-,12?,13?,14?/m1/s1. The second-order valence-electron chi connectivity index (χ2n) is 5.67. The van der Waals surface area contributed by atoms with Gasteiger partial charge in [0.1, 0.15) is 5.82 Å². The molecule has 2 bridgehead atoms. The highest BCUT2D eigenvalue weighted by atomic mass is 19.1. The number of fused-ring (bicyclic) bond motifs is 2. The SMILES string of the molecule is C[C@@H](NC(=O)C1CC2CCC1N2)c1cccc(F)c1. The number of benzene rings is 1. The molecule has 2 heterocycles. The van der Waals surface area contributed by atoms with Crippen molar-refractivity contribution >= 4 is 5.91 Å². The lowest BCUT2D eigenvalue weighted by molar-refractivity contribution is -0.126. The van der Waals surface area contributed by atoms with Crippen LogP contribution in [0.1, 0.15) is 37.8 Å². The summed E-state index contributed by atoms with van der Waals surface area (Å²) >= 11 is 0. The van der Waals surface area contributed by atoms with E-state index in [1.807, 2.05) is 13.0 Å². The lowest BCUT2D eigenvalue weighted by Crippen LogP contribution is -2.38. The molecule has 102 valence electrons. The van der Waals surface area contributed by atoms with E-state index < -0.39 is 0 Å². The number of carbonyl (C=O) groups excluding carboxylic acids is 1. The molecule has 0 saturated carbocycles. The molecule has 2 aliphatic heterocycles. The molecule has 3 nitrogen and oxygen atoms in total. The van der Waals surface area contributed by atoms with Gasteiger partial charge < -0.3 is 10.6 Å². The number of carbonyl (C=O) groups is 1. The summed E-state index contributed by atoms with van der Waals surface area (Å²) in [6.45, 7) is 1.90. The predicted octanol–water partition coefficient (Wildman–Crippen LogP) is 2.14. The van der Waals surface area contributed by atoms with Crippen LogP contribution in [0.25, 0.3) is 0 Å². The van der Waals surface area contributed by atoms with Gasteiger partial charge in [-0.05, 0) is 43.9 Å². The van der Waals surface area contributed by atoms with Crippen molar-refractivity contribution in [2.45, 2.75) is 44.3 Å². The Hall–Kier alpha value is -1.42. The van der Waals surface area contributed by atoms with Crippen LogP contribution in [0, 0.1) is 11.7 Å². The number of amides is 1. The number of rotatable bonds is 3. The molecular formula is C15H19FN2O. The molecule has 2 saturated heterocycles. The summed E-state index contributed by atoms with van der Waals surface area (Å²) in [7, 11) is 0. The third kappa shape index (κ3) is 2.50. The van der Waals surface area contributed by atoms with Crippen LogP contribution in [-0.2, 0) is 4.79 Å². The third-order valence-corrected chi connectivity index (χ3v) is 4.34. The van der Waals surface area contributed by atoms with Crippen molar-refractivity contribution in [2.75, 3.05) is 0 Å². The average molecular weight is 262 g/mol. The van der Waals surface area contributed by atoms with E-state index in [1.165, 1.54) is 18.6 Å². The highest BCUT2D eigenvalue weighted by molar-refractivity contribution is 5.80. The van der Waals surface area contributed by atoms with Crippen LogP contribution in [0.2, 0.25) is 0 Å². The van der Waals surface area contributed by atoms with Crippen LogP contribution in [-0.4, -0.2) is 18.0 Å². The van der Waals surface area contributed by atoms with E-state index in [1.54, 1.807) is 6.07 Å². The highest BCUT2D eigenvalue weighted by Gasteiger charge is 2.42. The Morgan fingerprint density at radius 2 is 2.32 bits per heavy atom. The van der Waals surface area contributed by atoms with Crippen molar-refractivity contribution < 1.29 is 9.18 Å². The van der Waals surface area contributed by atoms with E-state index >= 15 is 0 Å². The summed E-state index contributed by atoms with van der Waals surface area (Å²) in [5, 5.41) is 6.46. The van der Waals surface area contributed by atoms with E-state index in [0.717, 1.165) is 18.4 Å². The first-order valence-corrected chi connectivity index (χ1v) is 6.95. The number of nitrogens with one attached hydrogen (secondary N) is 2. The van der Waals surface area contributed by atoms with E-state index in [9.17, 15) is 9.18 Å². The fourth-order valence-electron chi connectivity index (χ4n) is 3.29. The smallest absolute Gasteiger partial charge is 0.225 e. The van der Waals surface area contributed by atoms with Crippen LogP contribution in [0.5, 0.6) is 0 Å². The molecule has 1 aromatic rings. The molecule has 3 unspecified atom stereocenters. The van der Waals surface area contributed by atoms with Crippen molar-refractivity contribution in [2.24, 2.45) is 5.92 Å². The van der Waals surface area contributed by atoms with Gasteiger partial charge in [-0.3, -0.25) is 4.79 Å². The van der Waals surface area contributed by atoms with Crippen molar-refractivity contribution in [1.29, 1.82) is 0 Å². The molecule has 4 heteroatoms. The van der Waals surface area contributed by atoms with Gasteiger partial charge >= 0.3 is 0 Å². The zero-order chi connectivity index (χ0) is 13.4. The van der Waals surface area contributed by atoms with Gasteiger partial charge in [-0.15, -0.1) is 0 Å².